The third-order valence-electron chi connectivity index (χ3n) is 2.07. The quantitative estimate of drug-likeness (QED) is 0.278. The van der Waals surface area contributed by atoms with Gasteiger partial charge in [-0.15, -0.1) is 22.0 Å². The largest absolute Gasteiger partial charge is 0.529 e. The summed E-state index contributed by atoms with van der Waals surface area (Å²) in [6.07, 6.45) is -30.4. The smallest absolute Gasteiger partial charge is 0.387 e. The monoisotopic (exact) mass is 454 g/mol. The van der Waals surface area contributed by atoms with Crippen molar-refractivity contribution in [1.82, 2.24) is 0 Å². The fourth-order valence-electron chi connectivity index (χ4n) is 1.17. The third kappa shape index (κ3) is 12.4. The van der Waals surface area contributed by atoms with Crippen LogP contribution in [0.1, 0.15) is 0 Å². The van der Waals surface area contributed by atoms with E-state index in [9.17, 15) is 52.7 Å². The Labute approximate surface area is 146 Å². The van der Waals surface area contributed by atoms with Gasteiger partial charge in [-0.1, -0.05) is 0 Å². The second-order valence-electron chi connectivity index (χ2n) is 4.53. The van der Waals surface area contributed by atoms with Gasteiger partial charge in [-0.25, -0.2) is 4.74 Å². The molecule has 1 N–H and O–H groups in total. The van der Waals surface area contributed by atoms with Crippen molar-refractivity contribution >= 4 is 0 Å². The average Bonchev–Trinajstić information content (AvgIpc) is 2.40. The minimum atomic E-state index is -6.05. The molecule has 0 aliphatic heterocycles. The van der Waals surface area contributed by atoms with Crippen molar-refractivity contribution < 1.29 is 81.5 Å². The molecule has 0 saturated carbocycles. The number of alkyl halides is 12. The van der Waals surface area contributed by atoms with Gasteiger partial charge in [0.1, 0.15) is 20.0 Å². The first kappa shape index (κ1) is 26.9. The summed E-state index contributed by atoms with van der Waals surface area (Å²) in [5, 5.41) is 8.12. The minimum Gasteiger partial charge on any atom is -0.387 e. The second kappa shape index (κ2) is 9.61. The molecule has 0 radical (unpaired) electrons. The Morgan fingerprint density at radius 3 is 1.68 bits per heavy atom. The summed E-state index contributed by atoms with van der Waals surface area (Å²) in [4.78, 5) is 0. The Morgan fingerprint density at radius 1 is 0.714 bits per heavy atom. The first-order valence-electron chi connectivity index (χ1n) is 6.40. The van der Waals surface area contributed by atoms with E-state index < -0.39 is 63.8 Å². The van der Waals surface area contributed by atoms with Crippen LogP contribution in [0.5, 0.6) is 0 Å². The van der Waals surface area contributed by atoms with Gasteiger partial charge in [-0.05, 0) is 0 Å². The molecular weight excluding hydrogens is 444 g/mol. The van der Waals surface area contributed by atoms with Gasteiger partial charge in [-0.2, -0.15) is 35.5 Å². The zero-order chi connectivity index (χ0) is 22.4. The van der Waals surface area contributed by atoms with Gasteiger partial charge in [0.25, 0.3) is 0 Å². The van der Waals surface area contributed by atoms with Crippen molar-refractivity contribution in [3.05, 3.63) is 0 Å². The van der Waals surface area contributed by atoms with Crippen LogP contribution in [-0.4, -0.2) is 68.9 Å². The number of halogens is 12. The molecule has 0 bridgehead atoms. The molecule has 0 aromatic carbocycles. The highest BCUT2D eigenvalue weighted by molar-refractivity contribution is 4.69. The van der Waals surface area contributed by atoms with Crippen molar-refractivity contribution in [3.63, 3.8) is 0 Å². The van der Waals surface area contributed by atoms with E-state index in [2.05, 4.69) is 18.9 Å². The molecule has 0 aromatic heterocycles. The average molecular weight is 454 g/mol. The molecule has 1 unspecified atom stereocenters. The molecule has 170 valence electrons. The number of rotatable bonds is 12. The predicted octanol–water partition coefficient (Wildman–Crippen LogP) is 3.21. The fourth-order valence-corrected chi connectivity index (χ4v) is 1.17. The van der Waals surface area contributed by atoms with Crippen LogP contribution >= 0.6 is 0 Å². The van der Waals surface area contributed by atoms with Gasteiger partial charge < -0.3 is 19.3 Å². The Kier molecular flexibility index (Phi) is 9.24. The second-order valence-corrected chi connectivity index (χ2v) is 4.53. The van der Waals surface area contributed by atoms with Crippen LogP contribution in [0.25, 0.3) is 0 Å². The third-order valence-corrected chi connectivity index (χ3v) is 2.07. The van der Waals surface area contributed by atoms with Crippen LogP contribution < -0.4 is 0 Å². The van der Waals surface area contributed by atoms with E-state index in [-0.39, 0.29) is 0 Å². The maximum atomic E-state index is 12.9. The first-order chi connectivity index (χ1) is 12.3. The molecule has 18 heteroatoms. The first-order valence-corrected chi connectivity index (χ1v) is 6.40. The summed E-state index contributed by atoms with van der Waals surface area (Å²) in [6.45, 7) is -7.69. The zero-order valence-corrected chi connectivity index (χ0v) is 12.9. The van der Waals surface area contributed by atoms with E-state index in [4.69, 9.17) is 5.11 Å². The fraction of sp³-hybridized carbons (Fsp3) is 1.00. The summed E-state index contributed by atoms with van der Waals surface area (Å²) in [6, 6.07) is 0. The van der Waals surface area contributed by atoms with Crippen LogP contribution in [-0.2, 0) is 23.7 Å². The van der Waals surface area contributed by atoms with Crippen LogP contribution in [0, 0.1) is 0 Å². The highest BCUT2D eigenvalue weighted by Crippen LogP contribution is 2.34. The summed E-state index contributed by atoms with van der Waals surface area (Å²) in [5.41, 5.74) is 0. The van der Waals surface area contributed by atoms with Gasteiger partial charge >= 0.3 is 31.1 Å². The van der Waals surface area contributed by atoms with Crippen LogP contribution in [0.15, 0.2) is 0 Å². The maximum Gasteiger partial charge on any atom is 0.529 e. The Balaban J connectivity index is 4.48. The lowest BCUT2D eigenvalue weighted by Crippen LogP contribution is -2.43. The highest BCUT2D eigenvalue weighted by atomic mass is 19.4. The molecule has 0 spiro atoms. The van der Waals surface area contributed by atoms with E-state index in [0.717, 1.165) is 0 Å². The maximum absolute atomic E-state index is 12.9. The molecule has 0 aromatic rings. The van der Waals surface area contributed by atoms with E-state index in [1.165, 1.54) is 0 Å². The molecule has 0 aliphatic rings. The van der Waals surface area contributed by atoms with Crippen LogP contribution in [0.2, 0.25) is 0 Å². The van der Waals surface area contributed by atoms with E-state index in [1.807, 2.05) is 4.74 Å². The van der Waals surface area contributed by atoms with Crippen molar-refractivity contribution in [2.24, 2.45) is 0 Å². The molecule has 0 fully saturated rings. The molecule has 1 atom stereocenters. The molecule has 0 heterocycles. The van der Waals surface area contributed by atoms with E-state index in [1.54, 1.807) is 0 Å². The standard InChI is InChI=1S/C10H10F12O6/c11-6(12,2-23)26-5(8(15,16)17)1-24-4-25-3-7(13,14)27-10(21,22)28-9(18,19)20/h5,23H,1-4H2. The summed E-state index contributed by atoms with van der Waals surface area (Å²) >= 11 is 0. The molecule has 0 rings (SSSR count). The zero-order valence-electron chi connectivity index (χ0n) is 12.9. The Bertz CT molecular complexity index is 465. The number of aliphatic hydroxyl groups excluding tert-OH is 1. The SMILES string of the molecule is OCC(F)(F)OC(COCOCC(F)(F)OC(F)(F)OC(F)(F)F)C(F)(F)F. The number of hydrogen-bond acceptors (Lipinski definition) is 6. The Hall–Kier alpha value is -1.08. The number of hydrogen-bond donors (Lipinski definition) is 1. The van der Waals surface area contributed by atoms with Gasteiger partial charge in [0.2, 0.25) is 0 Å². The molecule has 0 amide bonds. The lowest BCUT2D eigenvalue weighted by atomic mass is 10.3. The molecule has 28 heavy (non-hydrogen) atoms. The highest BCUT2D eigenvalue weighted by Gasteiger charge is 2.53. The molecule has 0 saturated heterocycles. The number of aliphatic hydroxyl groups is 1. The van der Waals surface area contributed by atoms with E-state index in [0.29, 0.717) is 0 Å². The van der Waals surface area contributed by atoms with Crippen molar-refractivity contribution in [3.8, 4) is 0 Å². The van der Waals surface area contributed by atoms with E-state index >= 15 is 0 Å². The van der Waals surface area contributed by atoms with Gasteiger partial charge in [-0.3, -0.25) is 0 Å². The molecule has 0 aliphatic carbocycles. The topological polar surface area (TPSA) is 66.4 Å². The van der Waals surface area contributed by atoms with Gasteiger partial charge in [0.05, 0.1) is 6.61 Å². The lowest BCUT2D eigenvalue weighted by molar-refractivity contribution is -0.536. The van der Waals surface area contributed by atoms with Crippen molar-refractivity contribution in [2.45, 2.75) is 37.2 Å². The normalized spacial score (nSPS) is 15.8. The summed E-state index contributed by atoms with van der Waals surface area (Å²) in [7, 11) is 0. The molecular formula is C10H10F12O6. The van der Waals surface area contributed by atoms with Crippen molar-refractivity contribution in [1.29, 1.82) is 0 Å². The summed E-state index contributed by atoms with van der Waals surface area (Å²) < 4.78 is 163. The number of ether oxygens (including phenoxy) is 5. The lowest BCUT2D eigenvalue weighted by Gasteiger charge is -2.25. The van der Waals surface area contributed by atoms with Gasteiger partial charge in [0.15, 0.2) is 6.10 Å². The van der Waals surface area contributed by atoms with Crippen LogP contribution in [0.4, 0.5) is 52.7 Å². The van der Waals surface area contributed by atoms with Crippen LogP contribution in [0.3, 0.4) is 0 Å². The Morgan fingerprint density at radius 2 is 1.25 bits per heavy atom. The predicted molar refractivity (Wildman–Crippen MR) is 57.9 cm³/mol. The molecule has 6 nitrogen and oxygen atoms in total. The van der Waals surface area contributed by atoms with Gasteiger partial charge in [0, 0.05) is 0 Å². The summed E-state index contributed by atoms with van der Waals surface area (Å²) in [5.74, 6) is 0. The van der Waals surface area contributed by atoms with Crippen molar-refractivity contribution in [2.75, 3.05) is 26.6 Å². The minimum absolute atomic E-state index is 1.55.